The summed E-state index contributed by atoms with van der Waals surface area (Å²) >= 11 is 1.56. The fourth-order valence-corrected chi connectivity index (χ4v) is 3.14. The second-order valence-corrected chi connectivity index (χ2v) is 6.52. The fourth-order valence-electron chi connectivity index (χ4n) is 2.49. The molecule has 0 spiro atoms. The van der Waals surface area contributed by atoms with Gasteiger partial charge in [-0.2, -0.15) is 0 Å². The Morgan fingerprint density at radius 1 is 1.23 bits per heavy atom. The average molecular weight is 367 g/mol. The number of amides is 1. The van der Waals surface area contributed by atoms with Gasteiger partial charge in [0.2, 0.25) is 0 Å². The number of aromatic nitrogens is 4. The van der Waals surface area contributed by atoms with Crippen LogP contribution in [0.15, 0.2) is 60.2 Å². The van der Waals surface area contributed by atoms with Gasteiger partial charge in [0.25, 0.3) is 5.91 Å². The highest BCUT2D eigenvalue weighted by molar-refractivity contribution is 7.12. The van der Waals surface area contributed by atoms with Gasteiger partial charge in [0.15, 0.2) is 0 Å². The smallest absolute Gasteiger partial charge is 0.268 e. The molecule has 0 aliphatic heterocycles. The lowest BCUT2D eigenvalue weighted by atomic mass is 10.1. The third-order valence-corrected chi connectivity index (χ3v) is 4.67. The van der Waals surface area contributed by atoms with Crippen molar-refractivity contribution in [1.82, 2.24) is 25.3 Å². The van der Waals surface area contributed by atoms with Crippen LogP contribution in [0.2, 0.25) is 0 Å². The number of aromatic amines is 1. The summed E-state index contributed by atoms with van der Waals surface area (Å²) in [6.45, 7) is 0.273. The summed E-state index contributed by atoms with van der Waals surface area (Å²) in [5.74, 6) is -0.540. The lowest BCUT2D eigenvalue weighted by molar-refractivity contribution is 0.0946. The normalized spacial score (nSPS) is 10.8. The Kier molecular flexibility index (Phi) is 4.32. The van der Waals surface area contributed by atoms with Crippen molar-refractivity contribution in [3.05, 3.63) is 77.4 Å². The minimum absolute atomic E-state index is 0.246. The largest absolute Gasteiger partial charge is 0.357 e. The van der Waals surface area contributed by atoms with Crippen LogP contribution in [0, 0.1) is 5.82 Å². The number of thiophene rings is 1. The average Bonchev–Trinajstić information content (AvgIpc) is 3.41. The van der Waals surface area contributed by atoms with Crippen molar-refractivity contribution < 1.29 is 9.18 Å². The summed E-state index contributed by atoms with van der Waals surface area (Å²) in [6.07, 6.45) is 3.50. The van der Waals surface area contributed by atoms with Crippen molar-refractivity contribution >= 4 is 17.2 Å². The molecule has 0 fully saturated rings. The zero-order valence-corrected chi connectivity index (χ0v) is 14.3. The van der Waals surface area contributed by atoms with E-state index in [4.69, 9.17) is 0 Å². The predicted molar refractivity (Wildman–Crippen MR) is 96.6 cm³/mol. The molecule has 2 N–H and O–H groups in total. The van der Waals surface area contributed by atoms with E-state index in [-0.39, 0.29) is 18.3 Å². The van der Waals surface area contributed by atoms with Crippen molar-refractivity contribution in [1.29, 1.82) is 0 Å². The number of hydrogen-bond acceptors (Lipinski definition) is 4. The molecule has 0 bridgehead atoms. The third-order valence-electron chi connectivity index (χ3n) is 3.81. The number of carbonyl (C=O) groups excluding carboxylic acids is 1. The first-order valence-electron chi connectivity index (χ1n) is 7.87. The van der Waals surface area contributed by atoms with E-state index in [1.807, 2.05) is 17.5 Å². The number of nitrogens with one attached hydrogen (secondary N) is 2. The molecule has 6 nitrogen and oxygen atoms in total. The zero-order valence-electron chi connectivity index (χ0n) is 13.5. The van der Waals surface area contributed by atoms with Crippen molar-refractivity contribution in [3.63, 3.8) is 0 Å². The minimum Gasteiger partial charge on any atom is -0.357 e. The van der Waals surface area contributed by atoms with Crippen LogP contribution < -0.4 is 5.32 Å². The Bertz CT molecular complexity index is 1020. The molecule has 0 saturated carbocycles. The molecule has 4 aromatic rings. The molecule has 1 amide bonds. The molecule has 1 aromatic carbocycles. The van der Waals surface area contributed by atoms with Crippen LogP contribution in [0.1, 0.15) is 16.2 Å². The fraction of sp³-hybridized carbons (Fsp3) is 0.0556. The van der Waals surface area contributed by atoms with Crippen LogP contribution in [-0.2, 0) is 6.54 Å². The molecule has 3 aromatic heterocycles. The molecule has 26 heavy (non-hydrogen) atoms. The first kappa shape index (κ1) is 16.2. The highest BCUT2D eigenvalue weighted by Crippen LogP contribution is 2.20. The van der Waals surface area contributed by atoms with Crippen molar-refractivity contribution in [2.24, 2.45) is 0 Å². The van der Waals surface area contributed by atoms with E-state index in [0.717, 1.165) is 16.1 Å². The summed E-state index contributed by atoms with van der Waals surface area (Å²) in [4.78, 5) is 15.2. The maximum atomic E-state index is 13.0. The number of benzene rings is 1. The zero-order chi connectivity index (χ0) is 17.9. The van der Waals surface area contributed by atoms with Crippen LogP contribution >= 0.6 is 11.3 Å². The van der Waals surface area contributed by atoms with Crippen molar-refractivity contribution in [2.75, 3.05) is 0 Å². The molecule has 0 aliphatic carbocycles. The number of hydrogen-bond donors (Lipinski definition) is 2. The third kappa shape index (κ3) is 3.40. The van der Waals surface area contributed by atoms with Gasteiger partial charge >= 0.3 is 0 Å². The first-order valence-corrected chi connectivity index (χ1v) is 8.75. The Morgan fingerprint density at radius 3 is 2.85 bits per heavy atom. The number of rotatable bonds is 5. The SMILES string of the molecule is O=C(NCc1cn(-c2cccs2)nn1)c1cc(-c2ccc(F)cc2)c[nH]1. The molecular formula is C18H14FN5OS. The summed E-state index contributed by atoms with van der Waals surface area (Å²) in [5, 5.41) is 13.8. The number of halogens is 1. The second kappa shape index (κ2) is 6.93. The van der Waals surface area contributed by atoms with E-state index in [0.29, 0.717) is 11.4 Å². The van der Waals surface area contributed by atoms with Gasteiger partial charge in [-0.1, -0.05) is 17.3 Å². The summed E-state index contributed by atoms with van der Waals surface area (Å²) in [7, 11) is 0. The highest BCUT2D eigenvalue weighted by Gasteiger charge is 2.11. The minimum atomic E-state index is -0.294. The van der Waals surface area contributed by atoms with Crippen molar-refractivity contribution in [3.8, 4) is 16.1 Å². The van der Waals surface area contributed by atoms with Crippen LogP contribution in [-0.4, -0.2) is 25.9 Å². The Balaban J connectivity index is 1.40. The van der Waals surface area contributed by atoms with Gasteiger partial charge in [0.1, 0.15) is 22.2 Å². The predicted octanol–water partition coefficient (Wildman–Crippen LogP) is 3.39. The van der Waals surface area contributed by atoms with E-state index in [1.165, 1.54) is 12.1 Å². The molecule has 0 unspecified atom stereocenters. The van der Waals surface area contributed by atoms with Crippen LogP contribution in [0.3, 0.4) is 0 Å². The second-order valence-electron chi connectivity index (χ2n) is 5.60. The number of nitrogens with zero attached hydrogens (tertiary/aromatic N) is 3. The van der Waals surface area contributed by atoms with E-state index in [9.17, 15) is 9.18 Å². The Hall–Kier alpha value is -3.26. The quantitative estimate of drug-likeness (QED) is 0.568. The van der Waals surface area contributed by atoms with Crippen LogP contribution in [0.5, 0.6) is 0 Å². The Morgan fingerprint density at radius 2 is 2.08 bits per heavy atom. The topological polar surface area (TPSA) is 75.6 Å². The summed E-state index contributed by atoms with van der Waals surface area (Å²) < 4.78 is 14.7. The molecular weight excluding hydrogens is 353 g/mol. The molecule has 0 atom stereocenters. The Labute approximate surface area is 152 Å². The van der Waals surface area contributed by atoms with E-state index in [2.05, 4.69) is 20.6 Å². The highest BCUT2D eigenvalue weighted by atomic mass is 32.1. The van der Waals surface area contributed by atoms with Gasteiger partial charge in [-0.05, 0) is 46.8 Å². The van der Waals surface area contributed by atoms with E-state index < -0.39 is 0 Å². The summed E-state index contributed by atoms with van der Waals surface area (Å²) in [5.41, 5.74) is 2.74. The van der Waals surface area contributed by atoms with Gasteiger partial charge in [0, 0.05) is 6.20 Å². The monoisotopic (exact) mass is 367 g/mol. The molecule has 3 heterocycles. The van der Waals surface area contributed by atoms with Crippen LogP contribution in [0.25, 0.3) is 16.1 Å². The maximum absolute atomic E-state index is 13.0. The van der Waals surface area contributed by atoms with E-state index in [1.54, 1.807) is 46.6 Å². The lowest BCUT2D eigenvalue weighted by Crippen LogP contribution is -2.23. The number of H-pyrrole nitrogens is 1. The molecule has 8 heteroatoms. The number of carbonyl (C=O) groups is 1. The van der Waals surface area contributed by atoms with Crippen molar-refractivity contribution in [2.45, 2.75) is 6.54 Å². The first-order chi connectivity index (χ1) is 12.7. The van der Waals surface area contributed by atoms with Gasteiger partial charge in [-0.3, -0.25) is 4.79 Å². The van der Waals surface area contributed by atoms with Gasteiger partial charge in [0.05, 0.1) is 12.7 Å². The molecule has 0 radical (unpaired) electrons. The molecule has 130 valence electrons. The molecule has 0 aliphatic rings. The van der Waals surface area contributed by atoms with E-state index >= 15 is 0 Å². The standard InChI is InChI=1S/C18H14FN5OS/c19-14-5-3-12(4-6-14)13-8-16(20-9-13)18(25)21-10-15-11-24(23-22-15)17-2-1-7-26-17/h1-9,11,20H,10H2,(H,21,25). The lowest BCUT2D eigenvalue weighted by Gasteiger charge is -2.00. The van der Waals surface area contributed by atoms with Gasteiger partial charge in [-0.25, -0.2) is 9.07 Å². The maximum Gasteiger partial charge on any atom is 0.268 e. The van der Waals surface area contributed by atoms with Gasteiger partial charge < -0.3 is 10.3 Å². The summed E-state index contributed by atoms with van der Waals surface area (Å²) in [6, 6.07) is 11.7. The molecule has 4 rings (SSSR count). The van der Waals surface area contributed by atoms with Gasteiger partial charge in [-0.15, -0.1) is 16.4 Å². The molecule has 0 saturated heterocycles. The van der Waals surface area contributed by atoms with Crippen LogP contribution in [0.4, 0.5) is 4.39 Å².